The van der Waals surface area contributed by atoms with Gasteiger partial charge in [0.2, 0.25) is 0 Å². The van der Waals surface area contributed by atoms with Crippen molar-refractivity contribution < 1.29 is 28.6 Å². The zero-order valence-electron chi connectivity index (χ0n) is 44.2. The summed E-state index contributed by atoms with van der Waals surface area (Å²) < 4.78 is 16.8. The number of ether oxygens (including phenoxy) is 3. The SMILES string of the molecule is CC/C=C\C/C=C\C/C=C\C/C=C\CCCCC(=O)OC(COC(=O)CCCCCCCCCCC/C=C\C/C=C\CCCCC)COC(=O)CCCCCCCCCCCCCCCCC. The molecule has 0 aromatic heterocycles. The van der Waals surface area contributed by atoms with Crippen molar-refractivity contribution in [2.75, 3.05) is 13.2 Å². The highest BCUT2D eigenvalue weighted by Gasteiger charge is 2.19. The van der Waals surface area contributed by atoms with E-state index in [1.165, 1.54) is 148 Å². The summed E-state index contributed by atoms with van der Waals surface area (Å²) in [6.45, 7) is 6.48. The zero-order valence-corrected chi connectivity index (χ0v) is 44.2. The van der Waals surface area contributed by atoms with E-state index in [0.29, 0.717) is 19.3 Å². The van der Waals surface area contributed by atoms with Crippen LogP contribution in [-0.4, -0.2) is 37.2 Å². The van der Waals surface area contributed by atoms with Gasteiger partial charge in [-0.25, -0.2) is 0 Å². The Hall–Kier alpha value is -3.15. The second kappa shape index (κ2) is 55.4. The maximum Gasteiger partial charge on any atom is 0.306 e. The average molecular weight is 936 g/mol. The van der Waals surface area contributed by atoms with Crippen LogP contribution in [-0.2, 0) is 28.6 Å². The van der Waals surface area contributed by atoms with Gasteiger partial charge in [-0.1, -0.05) is 241 Å². The van der Waals surface area contributed by atoms with Crippen LogP contribution >= 0.6 is 0 Å². The summed E-state index contributed by atoms with van der Waals surface area (Å²) in [5.74, 6) is -0.929. The van der Waals surface area contributed by atoms with Crippen molar-refractivity contribution in [3.05, 3.63) is 72.9 Å². The van der Waals surface area contributed by atoms with E-state index in [9.17, 15) is 14.4 Å². The summed E-state index contributed by atoms with van der Waals surface area (Å²) in [6, 6.07) is 0. The monoisotopic (exact) mass is 935 g/mol. The topological polar surface area (TPSA) is 78.9 Å². The molecular formula is C61H106O6. The van der Waals surface area contributed by atoms with Crippen molar-refractivity contribution in [3.63, 3.8) is 0 Å². The van der Waals surface area contributed by atoms with Gasteiger partial charge in [-0.3, -0.25) is 14.4 Å². The van der Waals surface area contributed by atoms with Crippen molar-refractivity contribution in [2.45, 2.75) is 284 Å². The molecule has 6 heteroatoms. The van der Waals surface area contributed by atoms with Crippen LogP contribution in [0.15, 0.2) is 72.9 Å². The molecule has 0 aliphatic heterocycles. The molecule has 0 aromatic carbocycles. The molecule has 1 unspecified atom stereocenters. The van der Waals surface area contributed by atoms with E-state index in [1.54, 1.807) is 0 Å². The van der Waals surface area contributed by atoms with Crippen LogP contribution in [0.3, 0.4) is 0 Å². The minimum atomic E-state index is -0.797. The Kier molecular flexibility index (Phi) is 52.8. The van der Waals surface area contributed by atoms with Crippen molar-refractivity contribution >= 4 is 17.9 Å². The summed E-state index contributed by atoms with van der Waals surface area (Å²) in [4.78, 5) is 38.1. The number of rotatable bonds is 51. The van der Waals surface area contributed by atoms with Crippen LogP contribution in [0.4, 0.5) is 0 Å². The van der Waals surface area contributed by atoms with Crippen LogP contribution < -0.4 is 0 Å². The number of carbonyl (C=O) groups excluding carboxylic acids is 3. The van der Waals surface area contributed by atoms with Gasteiger partial charge in [0.05, 0.1) is 0 Å². The second-order valence-corrected chi connectivity index (χ2v) is 18.8. The van der Waals surface area contributed by atoms with E-state index in [0.717, 1.165) is 83.5 Å². The quantitative estimate of drug-likeness (QED) is 0.0262. The molecule has 0 heterocycles. The van der Waals surface area contributed by atoms with Gasteiger partial charge in [-0.05, 0) is 89.9 Å². The Bertz CT molecular complexity index is 1260. The first kappa shape index (κ1) is 63.8. The number of unbranched alkanes of at least 4 members (excludes halogenated alkanes) is 28. The average Bonchev–Trinajstić information content (AvgIpc) is 3.33. The number of carbonyl (C=O) groups is 3. The van der Waals surface area contributed by atoms with Crippen LogP contribution in [0.2, 0.25) is 0 Å². The fourth-order valence-electron chi connectivity index (χ4n) is 7.93. The molecule has 386 valence electrons. The predicted molar refractivity (Wildman–Crippen MR) is 288 cm³/mol. The van der Waals surface area contributed by atoms with Gasteiger partial charge < -0.3 is 14.2 Å². The Balaban J connectivity index is 4.41. The van der Waals surface area contributed by atoms with Crippen molar-refractivity contribution in [3.8, 4) is 0 Å². The maximum absolute atomic E-state index is 12.8. The Morgan fingerprint density at radius 3 is 0.970 bits per heavy atom. The normalized spacial score (nSPS) is 12.6. The first-order valence-corrected chi connectivity index (χ1v) is 28.4. The number of esters is 3. The van der Waals surface area contributed by atoms with E-state index in [4.69, 9.17) is 14.2 Å². The Morgan fingerprint density at radius 2 is 0.582 bits per heavy atom. The van der Waals surface area contributed by atoms with Crippen molar-refractivity contribution in [2.24, 2.45) is 0 Å². The first-order chi connectivity index (χ1) is 33.0. The lowest BCUT2D eigenvalue weighted by atomic mass is 10.0. The highest BCUT2D eigenvalue weighted by Crippen LogP contribution is 2.16. The number of hydrogen-bond donors (Lipinski definition) is 0. The number of allylic oxidation sites excluding steroid dienone is 12. The summed E-state index contributed by atoms with van der Waals surface area (Å²) in [7, 11) is 0. The lowest BCUT2D eigenvalue weighted by Crippen LogP contribution is -2.30. The molecule has 0 amide bonds. The van der Waals surface area contributed by atoms with Gasteiger partial charge >= 0.3 is 17.9 Å². The van der Waals surface area contributed by atoms with E-state index in [-0.39, 0.29) is 37.5 Å². The molecule has 0 N–H and O–H groups in total. The lowest BCUT2D eigenvalue weighted by Gasteiger charge is -2.18. The minimum absolute atomic E-state index is 0.0912. The first-order valence-electron chi connectivity index (χ1n) is 28.4. The van der Waals surface area contributed by atoms with Gasteiger partial charge in [-0.2, -0.15) is 0 Å². The summed E-state index contributed by atoms with van der Waals surface area (Å²) in [5, 5.41) is 0. The van der Waals surface area contributed by atoms with E-state index < -0.39 is 6.10 Å². The third-order valence-corrected chi connectivity index (χ3v) is 12.2. The van der Waals surface area contributed by atoms with Crippen molar-refractivity contribution in [1.29, 1.82) is 0 Å². The maximum atomic E-state index is 12.8. The van der Waals surface area contributed by atoms with Gasteiger partial charge in [0, 0.05) is 19.3 Å². The molecule has 0 saturated carbocycles. The van der Waals surface area contributed by atoms with Crippen LogP contribution in [0.5, 0.6) is 0 Å². The Morgan fingerprint density at radius 1 is 0.313 bits per heavy atom. The third-order valence-electron chi connectivity index (χ3n) is 12.2. The fourth-order valence-corrected chi connectivity index (χ4v) is 7.93. The smallest absolute Gasteiger partial charge is 0.306 e. The summed E-state index contributed by atoms with van der Waals surface area (Å²) in [5.41, 5.74) is 0. The zero-order chi connectivity index (χ0) is 48.6. The molecule has 0 spiro atoms. The molecule has 1 atom stereocenters. The Labute approximate surface area is 414 Å². The lowest BCUT2D eigenvalue weighted by molar-refractivity contribution is -0.167. The van der Waals surface area contributed by atoms with Crippen LogP contribution in [0, 0.1) is 0 Å². The van der Waals surface area contributed by atoms with E-state index in [1.807, 2.05) is 0 Å². The minimum Gasteiger partial charge on any atom is -0.462 e. The molecule has 0 rings (SSSR count). The molecule has 0 saturated heterocycles. The second-order valence-electron chi connectivity index (χ2n) is 18.8. The highest BCUT2D eigenvalue weighted by molar-refractivity contribution is 5.71. The fraction of sp³-hybridized carbons (Fsp3) is 0.754. The van der Waals surface area contributed by atoms with Gasteiger partial charge in [0.15, 0.2) is 6.10 Å². The van der Waals surface area contributed by atoms with Crippen molar-refractivity contribution in [1.82, 2.24) is 0 Å². The third kappa shape index (κ3) is 53.7. The van der Waals surface area contributed by atoms with Gasteiger partial charge in [0.25, 0.3) is 0 Å². The molecule has 0 aliphatic rings. The molecule has 0 radical (unpaired) electrons. The molecule has 0 bridgehead atoms. The molecule has 0 fully saturated rings. The van der Waals surface area contributed by atoms with Gasteiger partial charge in [-0.15, -0.1) is 0 Å². The summed E-state index contributed by atoms with van der Waals surface area (Å²) >= 11 is 0. The van der Waals surface area contributed by atoms with Crippen LogP contribution in [0.25, 0.3) is 0 Å². The summed E-state index contributed by atoms with van der Waals surface area (Å²) in [6.07, 6.45) is 70.3. The van der Waals surface area contributed by atoms with Gasteiger partial charge in [0.1, 0.15) is 13.2 Å². The molecule has 0 aromatic rings. The molecule has 0 aliphatic carbocycles. The van der Waals surface area contributed by atoms with Crippen LogP contribution in [0.1, 0.15) is 278 Å². The molecular weight excluding hydrogens is 829 g/mol. The van der Waals surface area contributed by atoms with E-state index in [2.05, 4.69) is 93.7 Å². The molecule has 67 heavy (non-hydrogen) atoms. The standard InChI is InChI=1S/C61H106O6/c1-4-7-10-13-16-19-22-25-28-29-30-31-34-36-39-42-45-48-51-54-60(63)66-57-58(67-61(64)55-52-49-46-43-40-37-33-27-24-21-18-15-12-9-6-3)56-65-59(62)53-50-47-44-41-38-35-32-26-23-20-17-14-11-8-5-2/h9,12,16,18-19,21,25,27-28,33,40,43,58H,4-8,10-11,13-15,17,20,22-24,26,29-32,34-39,41-42,44-57H2,1-3H3/b12-9-,19-16-,21-18-,28-25-,33-27-,43-40-. The number of hydrogen-bond acceptors (Lipinski definition) is 6. The highest BCUT2D eigenvalue weighted by atomic mass is 16.6. The predicted octanol–water partition coefficient (Wildman–Crippen LogP) is 19.0. The largest absolute Gasteiger partial charge is 0.462 e. The van der Waals surface area contributed by atoms with E-state index >= 15 is 0 Å². The molecule has 6 nitrogen and oxygen atoms in total.